The van der Waals surface area contributed by atoms with Crippen LogP contribution in [0.4, 0.5) is 11.5 Å². The highest BCUT2D eigenvalue weighted by Gasteiger charge is 2.25. The second kappa shape index (κ2) is 9.37. The summed E-state index contributed by atoms with van der Waals surface area (Å²) >= 11 is 0. The van der Waals surface area contributed by atoms with Crippen molar-refractivity contribution in [3.63, 3.8) is 0 Å². The number of rotatable bonds is 5. The van der Waals surface area contributed by atoms with Gasteiger partial charge in [-0.1, -0.05) is 0 Å². The van der Waals surface area contributed by atoms with Crippen LogP contribution in [0.5, 0.6) is 5.75 Å². The molecule has 0 unspecified atom stereocenters. The van der Waals surface area contributed by atoms with E-state index in [4.69, 9.17) is 9.47 Å². The summed E-state index contributed by atoms with van der Waals surface area (Å²) in [5.41, 5.74) is 3.33. The van der Waals surface area contributed by atoms with Gasteiger partial charge in [0.25, 0.3) is 0 Å². The van der Waals surface area contributed by atoms with Crippen molar-refractivity contribution >= 4 is 22.5 Å². The molecule has 1 saturated heterocycles. The number of hydrogen-bond donors (Lipinski definition) is 1. The monoisotopic (exact) mass is 430 g/mol. The first-order chi connectivity index (χ1) is 15.8. The number of benzene rings is 1. The smallest absolute Gasteiger partial charge is 0.149 e. The molecule has 1 N–H and O–H groups in total. The summed E-state index contributed by atoms with van der Waals surface area (Å²) in [5.74, 6) is 1.46. The van der Waals surface area contributed by atoms with Crippen LogP contribution in [-0.2, 0) is 4.74 Å². The molecule has 0 spiro atoms. The molecule has 3 aromatic rings. The lowest BCUT2D eigenvalue weighted by Gasteiger charge is -2.31. The van der Waals surface area contributed by atoms with Crippen molar-refractivity contribution in [2.45, 2.75) is 37.8 Å². The largest absolute Gasteiger partial charge is 0.488 e. The number of nitrogens with one attached hydrogen (secondary N) is 1. The van der Waals surface area contributed by atoms with Gasteiger partial charge in [-0.05, 0) is 43.9 Å². The molecule has 1 aliphatic carbocycles. The van der Waals surface area contributed by atoms with Gasteiger partial charge < -0.3 is 19.7 Å². The first-order valence-corrected chi connectivity index (χ1v) is 11.2. The number of ether oxygens (including phenoxy) is 2. The first kappa shape index (κ1) is 20.5. The summed E-state index contributed by atoms with van der Waals surface area (Å²) in [6.45, 7) is 3.19. The third kappa shape index (κ3) is 4.43. The fraction of sp³-hybridized carbons (Fsp3) is 0.417. The van der Waals surface area contributed by atoms with Crippen molar-refractivity contribution in [2.24, 2.45) is 0 Å². The minimum Gasteiger partial charge on any atom is -0.488 e. The van der Waals surface area contributed by atoms with Gasteiger partial charge in [-0.15, -0.1) is 0 Å². The number of hydrogen-bond acceptors (Lipinski definition) is 8. The number of pyridine rings is 1. The average Bonchev–Trinajstić information content (AvgIpc) is 2.86. The molecule has 8 nitrogen and oxygen atoms in total. The summed E-state index contributed by atoms with van der Waals surface area (Å²) in [6, 6.07) is 10.2. The Balaban J connectivity index is 1.28. The Morgan fingerprint density at radius 2 is 1.84 bits per heavy atom. The highest BCUT2D eigenvalue weighted by Crippen LogP contribution is 2.33. The van der Waals surface area contributed by atoms with Crippen molar-refractivity contribution in [3.8, 4) is 11.8 Å². The van der Waals surface area contributed by atoms with Crippen LogP contribution in [0.2, 0.25) is 0 Å². The number of anilines is 2. The molecule has 3 heterocycles. The number of nitrogens with zero attached hydrogens (tertiary/aromatic N) is 5. The molecule has 1 saturated carbocycles. The summed E-state index contributed by atoms with van der Waals surface area (Å²) < 4.78 is 12.0. The number of morpholine rings is 1. The Bertz CT molecular complexity index is 1120. The van der Waals surface area contributed by atoms with Gasteiger partial charge in [-0.25, -0.2) is 9.97 Å². The topological polar surface area (TPSA) is 96.2 Å². The van der Waals surface area contributed by atoms with Gasteiger partial charge >= 0.3 is 0 Å². The Labute approximate surface area is 187 Å². The van der Waals surface area contributed by atoms with E-state index in [1.807, 2.05) is 0 Å². The van der Waals surface area contributed by atoms with Crippen molar-refractivity contribution in [1.82, 2.24) is 15.0 Å². The van der Waals surface area contributed by atoms with E-state index in [1.165, 1.54) is 0 Å². The standard InChI is InChI=1S/C24H26N6O2/c25-16-17-2-1-7-28-24(17)29-18-3-5-20(6-4-18)32-22-15-19(30-10-12-31-13-11-30)14-21-23(22)27-9-8-26-21/h1-2,7-9,14-15,18,20H,3-6,10-13H2,(H,28,29). The van der Waals surface area contributed by atoms with E-state index < -0.39 is 0 Å². The van der Waals surface area contributed by atoms with Gasteiger partial charge in [0.05, 0.1) is 30.4 Å². The van der Waals surface area contributed by atoms with Crippen molar-refractivity contribution in [1.29, 1.82) is 5.26 Å². The predicted molar refractivity (Wildman–Crippen MR) is 122 cm³/mol. The molecule has 0 radical (unpaired) electrons. The second-order valence-electron chi connectivity index (χ2n) is 8.21. The van der Waals surface area contributed by atoms with Crippen LogP contribution in [0.1, 0.15) is 31.2 Å². The number of fused-ring (bicyclic) bond motifs is 1. The molecule has 8 heteroatoms. The summed E-state index contributed by atoms with van der Waals surface area (Å²) in [4.78, 5) is 15.7. The van der Waals surface area contributed by atoms with Crippen LogP contribution in [0.15, 0.2) is 42.9 Å². The zero-order chi connectivity index (χ0) is 21.8. The molecule has 2 fully saturated rings. The molecule has 2 aromatic heterocycles. The van der Waals surface area contributed by atoms with Crippen LogP contribution in [0.3, 0.4) is 0 Å². The normalized spacial score (nSPS) is 21.2. The molecule has 1 aromatic carbocycles. The zero-order valence-corrected chi connectivity index (χ0v) is 17.9. The van der Waals surface area contributed by atoms with E-state index in [1.54, 1.807) is 30.7 Å². The van der Waals surface area contributed by atoms with Gasteiger partial charge in [0.15, 0.2) is 0 Å². The fourth-order valence-electron chi connectivity index (χ4n) is 4.43. The Kier molecular flexibility index (Phi) is 5.99. The van der Waals surface area contributed by atoms with E-state index in [2.05, 4.69) is 43.4 Å². The highest BCUT2D eigenvalue weighted by molar-refractivity contribution is 5.85. The maximum atomic E-state index is 9.29. The minimum atomic E-state index is 0.123. The summed E-state index contributed by atoms with van der Waals surface area (Å²) in [7, 11) is 0. The lowest BCUT2D eigenvalue weighted by Crippen LogP contribution is -2.36. The predicted octanol–water partition coefficient (Wildman–Crippen LogP) is 3.54. The van der Waals surface area contributed by atoms with Gasteiger partial charge in [0, 0.05) is 49.5 Å². The zero-order valence-electron chi connectivity index (χ0n) is 17.9. The lowest BCUT2D eigenvalue weighted by atomic mass is 9.92. The van der Waals surface area contributed by atoms with E-state index in [0.29, 0.717) is 11.4 Å². The molecular weight excluding hydrogens is 404 g/mol. The van der Waals surface area contributed by atoms with Gasteiger partial charge in [0.2, 0.25) is 0 Å². The van der Waals surface area contributed by atoms with E-state index >= 15 is 0 Å². The van der Waals surface area contributed by atoms with E-state index in [9.17, 15) is 5.26 Å². The molecule has 1 aliphatic heterocycles. The van der Waals surface area contributed by atoms with Crippen molar-refractivity contribution in [3.05, 3.63) is 48.4 Å². The Morgan fingerprint density at radius 3 is 2.66 bits per heavy atom. The average molecular weight is 431 g/mol. The molecule has 32 heavy (non-hydrogen) atoms. The SMILES string of the molecule is N#Cc1cccnc1NC1CCC(Oc2cc(N3CCOCC3)cc3nccnc23)CC1. The van der Waals surface area contributed by atoms with E-state index in [0.717, 1.165) is 74.5 Å². The molecule has 0 atom stereocenters. The minimum absolute atomic E-state index is 0.123. The quantitative estimate of drug-likeness (QED) is 0.657. The molecule has 0 amide bonds. The van der Waals surface area contributed by atoms with Gasteiger partial charge in [-0.3, -0.25) is 4.98 Å². The van der Waals surface area contributed by atoms with Crippen LogP contribution >= 0.6 is 0 Å². The maximum Gasteiger partial charge on any atom is 0.149 e. The summed E-state index contributed by atoms with van der Waals surface area (Å²) in [5, 5.41) is 12.7. The molecule has 164 valence electrons. The third-order valence-corrected chi connectivity index (χ3v) is 6.14. The first-order valence-electron chi connectivity index (χ1n) is 11.2. The second-order valence-corrected chi connectivity index (χ2v) is 8.21. The van der Waals surface area contributed by atoms with E-state index in [-0.39, 0.29) is 12.1 Å². The van der Waals surface area contributed by atoms with Crippen LogP contribution in [0, 0.1) is 11.3 Å². The van der Waals surface area contributed by atoms with Gasteiger partial charge in [0.1, 0.15) is 23.2 Å². The molecule has 0 bridgehead atoms. The molecular formula is C24H26N6O2. The molecule has 5 rings (SSSR count). The van der Waals surface area contributed by atoms with Crippen LogP contribution in [-0.4, -0.2) is 53.4 Å². The van der Waals surface area contributed by atoms with Crippen LogP contribution < -0.4 is 15.0 Å². The van der Waals surface area contributed by atoms with Crippen molar-refractivity contribution in [2.75, 3.05) is 36.5 Å². The number of nitriles is 1. The third-order valence-electron chi connectivity index (χ3n) is 6.14. The molecule has 2 aliphatic rings. The Hall–Kier alpha value is -3.44. The summed E-state index contributed by atoms with van der Waals surface area (Å²) in [6.07, 6.45) is 9.04. The fourth-order valence-corrected chi connectivity index (χ4v) is 4.43. The Morgan fingerprint density at radius 1 is 1.03 bits per heavy atom. The van der Waals surface area contributed by atoms with Crippen molar-refractivity contribution < 1.29 is 9.47 Å². The van der Waals surface area contributed by atoms with Crippen LogP contribution in [0.25, 0.3) is 11.0 Å². The highest BCUT2D eigenvalue weighted by atomic mass is 16.5. The maximum absolute atomic E-state index is 9.29. The van der Waals surface area contributed by atoms with Gasteiger partial charge in [-0.2, -0.15) is 5.26 Å². The lowest BCUT2D eigenvalue weighted by molar-refractivity contribution is 0.122. The number of aromatic nitrogens is 3.